The molecule has 6 heteroatoms. The van der Waals surface area contributed by atoms with Crippen LogP contribution >= 0.6 is 27.3 Å². The maximum atomic E-state index is 5.56. The number of rotatable bonds is 6. The molecule has 1 aromatic heterocycles. The van der Waals surface area contributed by atoms with Gasteiger partial charge in [-0.3, -0.25) is 4.98 Å². The van der Waals surface area contributed by atoms with Gasteiger partial charge in [0, 0.05) is 16.6 Å². The summed E-state index contributed by atoms with van der Waals surface area (Å²) in [6, 6.07) is 4.02. The van der Waals surface area contributed by atoms with Crippen molar-refractivity contribution in [1.82, 2.24) is 10.3 Å². The third kappa shape index (κ3) is 2.97. The Morgan fingerprint density at radius 3 is 2.70 bits per heavy atom. The van der Waals surface area contributed by atoms with Crippen molar-refractivity contribution in [3.63, 3.8) is 0 Å². The molecular weight excluding hydrogens is 340 g/mol. The summed E-state index contributed by atoms with van der Waals surface area (Å²) in [5.74, 6) is 1.54. The summed E-state index contributed by atoms with van der Waals surface area (Å²) in [4.78, 5) is 5.32. The lowest BCUT2D eigenvalue weighted by Gasteiger charge is -2.21. The molecule has 1 heterocycles. The normalized spacial score (nSPS) is 12.2. The van der Waals surface area contributed by atoms with Crippen LogP contribution in [0.5, 0.6) is 11.5 Å². The van der Waals surface area contributed by atoms with Crippen molar-refractivity contribution in [3.05, 3.63) is 38.8 Å². The minimum absolute atomic E-state index is 0.0599. The molecule has 1 N–H and O–H groups in total. The van der Waals surface area contributed by atoms with Crippen LogP contribution in [0.1, 0.15) is 23.4 Å². The van der Waals surface area contributed by atoms with Gasteiger partial charge in [-0.25, -0.2) is 0 Å². The molecule has 0 spiro atoms. The third-order valence-corrected chi connectivity index (χ3v) is 4.56. The SMILES string of the molecule is CCNC(c1cncs1)c1ccc(OC)c(Br)c1OC. The zero-order chi connectivity index (χ0) is 14.5. The first-order valence-corrected chi connectivity index (χ1v) is 7.92. The molecule has 0 fully saturated rings. The minimum Gasteiger partial charge on any atom is -0.495 e. The van der Waals surface area contributed by atoms with Crippen LogP contribution in [0.4, 0.5) is 0 Å². The Bertz CT molecular complexity index is 561. The molecule has 0 saturated heterocycles. The summed E-state index contributed by atoms with van der Waals surface area (Å²) < 4.78 is 11.7. The van der Waals surface area contributed by atoms with Crippen LogP contribution in [0.15, 0.2) is 28.3 Å². The standard InChI is InChI=1S/C14H17BrN2O2S/c1-4-17-13(11-7-16-8-20-11)9-5-6-10(18-2)12(15)14(9)19-3/h5-8,13,17H,4H2,1-3H3. The van der Waals surface area contributed by atoms with Crippen molar-refractivity contribution in [1.29, 1.82) is 0 Å². The Morgan fingerprint density at radius 2 is 2.15 bits per heavy atom. The number of methoxy groups -OCH3 is 2. The zero-order valence-electron chi connectivity index (χ0n) is 11.6. The molecule has 1 unspecified atom stereocenters. The summed E-state index contributed by atoms with van der Waals surface area (Å²) >= 11 is 5.17. The smallest absolute Gasteiger partial charge is 0.141 e. The first-order valence-electron chi connectivity index (χ1n) is 6.25. The van der Waals surface area contributed by atoms with Crippen molar-refractivity contribution >= 4 is 27.3 Å². The van der Waals surface area contributed by atoms with E-state index in [1.165, 1.54) is 0 Å². The molecule has 0 saturated carbocycles. The molecule has 108 valence electrons. The average Bonchev–Trinajstić information content (AvgIpc) is 2.98. The average molecular weight is 357 g/mol. The van der Waals surface area contributed by atoms with Crippen LogP contribution in [0.25, 0.3) is 0 Å². The third-order valence-electron chi connectivity index (χ3n) is 2.97. The highest BCUT2D eigenvalue weighted by atomic mass is 79.9. The molecule has 1 atom stereocenters. The quantitative estimate of drug-likeness (QED) is 0.858. The van der Waals surface area contributed by atoms with Crippen LogP contribution in [0, 0.1) is 0 Å². The fraction of sp³-hybridized carbons (Fsp3) is 0.357. The first-order chi connectivity index (χ1) is 9.72. The predicted octanol–water partition coefficient (Wildman–Crippen LogP) is 3.62. The molecule has 0 amide bonds. The molecular formula is C14H17BrN2O2S. The van der Waals surface area contributed by atoms with Crippen molar-refractivity contribution in [2.24, 2.45) is 0 Å². The molecule has 2 aromatic rings. The van der Waals surface area contributed by atoms with Gasteiger partial charge in [-0.15, -0.1) is 11.3 Å². The molecule has 0 radical (unpaired) electrons. The number of hydrogen-bond acceptors (Lipinski definition) is 5. The van der Waals surface area contributed by atoms with Gasteiger partial charge >= 0.3 is 0 Å². The van der Waals surface area contributed by atoms with E-state index in [4.69, 9.17) is 9.47 Å². The topological polar surface area (TPSA) is 43.4 Å². The lowest BCUT2D eigenvalue weighted by atomic mass is 10.0. The largest absolute Gasteiger partial charge is 0.495 e. The van der Waals surface area contributed by atoms with E-state index in [-0.39, 0.29) is 6.04 Å². The van der Waals surface area contributed by atoms with E-state index in [1.54, 1.807) is 25.6 Å². The van der Waals surface area contributed by atoms with Crippen molar-refractivity contribution in [3.8, 4) is 11.5 Å². The van der Waals surface area contributed by atoms with Gasteiger partial charge < -0.3 is 14.8 Å². The van der Waals surface area contributed by atoms with Gasteiger partial charge in [0.2, 0.25) is 0 Å². The van der Waals surface area contributed by atoms with Crippen molar-refractivity contribution < 1.29 is 9.47 Å². The second kappa shape index (κ2) is 7.06. The second-order valence-corrected chi connectivity index (χ2v) is 5.81. The second-order valence-electron chi connectivity index (χ2n) is 4.10. The molecule has 1 aromatic carbocycles. The van der Waals surface area contributed by atoms with Crippen LogP contribution in [-0.2, 0) is 0 Å². The van der Waals surface area contributed by atoms with Gasteiger partial charge in [0.15, 0.2) is 0 Å². The summed E-state index contributed by atoms with van der Waals surface area (Å²) in [5.41, 5.74) is 2.90. The van der Waals surface area contributed by atoms with E-state index in [0.29, 0.717) is 0 Å². The summed E-state index contributed by atoms with van der Waals surface area (Å²) in [5, 5.41) is 3.47. The molecule has 2 rings (SSSR count). The summed E-state index contributed by atoms with van der Waals surface area (Å²) in [6.07, 6.45) is 1.88. The van der Waals surface area contributed by atoms with E-state index in [2.05, 4.69) is 33.2 Å². The lowest BCUT2D eigenvalue weighted by molar-refractivity contribution is 0.383. The summed E-state index contributed by atoms with van der Waals surface area (Å²) in [6.45, 7) is 2.94. The monoisotopic (exact) mass is 356 g/mol. The predicted molar refractivity (Wildman–Crippen MR) is 84.9 cm³/mol. The number of benzene rings is 1. The maximum Gasteiger partial charge on any atom is 0.141 e. The Balaban J connectivity index is 2.51. The molecule has 20 heavy (non-hydrogen) atoms. The number of nitrogens with zero attached hydrogens (tertiary/aromatic N) is 1. The van der Waals surface area contributed by atoms with Gasteiger partial charge in [0.1, 0.15) is 16.0 Å². The molecule has 0 aliphatic carbocycles. The van der Waals surface area contributed by atoms with Crippen molar-refractivity contribution in [2.75, 3.05) is 20.8 Å². The summed E-state index contributed by atoms with van der Waals surface area (Å²) in [7, 11) is 3.31. The van der Waals surface area contributed by atoms with E-state index in [9.17, 15) is 0 Å². The van der Waals surface area contributed by atoms with Crippen LogP contribution in [0.3, 0.4) is 0 Å². The van der Waals surface area contributed by atoms with Gasteiger partial charge in [-0.2, -0.15) is 0 Å². The highest BCUT2D eigenvalue weighted by molar-refractivity contribution is 9.10. The lowest BCUT2D eigenvalue weighted by Crippen LogP contribution is -2.21. The van der Waals surface area contributed by atoms with Gasteiger partial charge in [-0.05, 0) is 34.6 Å². The van der Waals surface area contributed by atoms with Gasteiger partial charge in [0.25, 0.3) is 0 Å². The van der Waals surface area contributed by atoms with E-state index in [0.717, 1.165) is 33.0 Å². The van der Waals surface area contributed by atoms with Crippen LogP contribution < -0.4 is 14.8 Å². The maximum absolute atomic E-state index is 5.56. The molecule has 0 bridgehead atoms. The molecule has 0 aliphatic heterocycles. The number of ether oxygens (including phenoxy) is 2. The Kier molecular flexibility index (Phi) is 5.39. The fourth-order valence-electron chi connectivity index (χ4n) is 2.08. The van der Waals surface area contributed by atoms with Crippen LogP contribution in [0.2, 0.25) is 0 Å². The molecule has 0 aliphatic rings. The van der Waals surface area contributed by atoms with Crippen molar-refractivity contribution in [2.45, 2.75) is 13.0 Å². The van der Waals surface area contributed by atoms with E-state index >= 15 is 0 Å². The fourth-order valence-corrected chi connectivity index (χ4v) is 3.48. The highest BCUT2D eigenvalue weighted by Crippen LogP contribution is 2.41. The first kappa shape index (κ1) is 15.3. The van der Waals surface area contributed by atoms with E-state index in [1.807, 2.05) is 23.8 Å². The number of halogens is 1. The van der Waals surface area contributed by atoms with Gasteiger partial charge in [0.05, 0.1) is 25.8 Å². The molecule has 4 nitrogen and oxygen atoms in total. The highest BCUT2D eigenvalue weighted by Gasteiger charge is 2.22. The minimum atomic E-state index is 0.0599. The number of hydrogen-bond donors (Lipinski definition) is 1. The van der Waals surface area contributed by atoms with Gasteiger partial charge in [-0.1, -0.05) is 6.92 Å². The Morgan fingerprint density at radius 1 is 1.35 bits per heavy atom. The van der Waals surface area contributed by atoms with E-state index < -0.39 is 0 Å². The number of thiazole rings is 1. The number of nitrogens with one attached hydrogen (secondary N) is 1. The Hall–Kier alpha value is -1.11. The number of aromatic nitrogens is 1. The zero-order valence-corrected chi connectivity index (χ0v) is 14.0. The van der Waals surface area contributed by atoms with Crippen LogP contribution in [-0.4, -0.2) is 25.7 Å². The Labute approximate surface area is 131 Å².